The number of anilines is 1. The number of fused-ring (bicyclic) bond motifs is 1. The number of carbonyl (C=O) groups excluding carboxylic acids is 1. The largest absolute Gasteiger partial charge is 0.379 e. The van der Waals surface area contributed by atoms with Crippen LogP contribution in [0.3, 0.4) is 0 Å². The number of aromatic nitrogens is 3. The highest BCUT2D eigenvalue weighted by molar-refractivity contribution is 6.10. The highest BCUT2D eigenvalue weighted by atomic mass is 16.5. The summed E-state index contributed by atoms with van der Waals surface area (Å²) in [4.78, 5) is 18.0. The molecule has 1 amide bonds. The van der Waals surface area contributed by atoms with E-state index in [-0.39, 0.29) is 11.3 Å². The normalized spacial score (nSPS) is 21.7. The molecule has 3 aliphatic rings. The first kappa shape index (κ1) is 22.4. The predicted molar refractivity (Wildman–Crippen MR) is 134 cm³/mol. The van der Waals surface area contributed by atoms with Gasteiger partial charge < -0.3 is 14.2 Å². The third kappa shape index (κ3) is 4.17. The van der Waals surface area contributed by atoms with Crippen LogP contribution in [0.5, 0.6) is 0 Å². The van der Waals surface area contributed by atoms with Crippen molar-refractivity contribution in [1.29, 1.82) is 0 Å². The van der Waals surface area contributed by atoms with Gasteiger partial charge in [0.15, 0.2) is 0 Å². The average molecular weight is 472 g/mol. The summed E-state index contributed by atoms with van der Waals surface area (Å²) in [6.45, 7) is 7.48. The van der Waals surface area contributed by atoms with E-state index in [1.165, 1.54) is 18.4 Å². The van der Waals surface area contributed by atoms with Gasteiger partial charge in [0.25, 0.3) is 5.91 Å². The van der Waals surface area contributed by atoms with Crippen LogP contribution in [0.25, 0.3) is 0 Å². The molecule has 182 valence electrons. The number of aryl methyl sites for hydroxylation is 1. The maximum absolute atomic E-state index is 13.6. The lowest BCUT2D eigenvalue weighted by molar-refractivity contribution is -0.0611. The van der Waals surface area contributed by atoms with Crippen LogP contribution in [0.2, 0.25) is 0 Å². The molecular weight excluding hydrogens is 438 g/mol. The van der Waals surface area contributed by atoms with Crippen molar-refractivity contribution < 1.29 is 9.53 Å². The molecule has 0 spiro atoms. The maximum atomic E-state index is 13.6. The summed E-state index contributed by atoms with van der Waals surface area (Å²) in [6.07, 6.45) is 5.07. The van der Waals surface area contributed by atoms with E-state index < -0.39 is 0 Å². The first-order valence-corrected chi connectivity index (χ1v) is 12.7. The van der Waals surface area contributed by atoms with Gasteiger partial charge in [-0.15, -0.1) is 10.2 Å². The molecular formula is C28H33N5O2. The Morgan fingerprint density at radius 3 is 2.80 bits per heavy atom. The number of ether oxygens (including phenoxy) is 1. The number of benzene rings is 2. The van der Waals surface area contributed by atoms with E-state index in [9.17, 15) is 4.79 Å². The quantitative estimate of drug-likeness (QED) is 0.548. The number of carbonyl (C=O) groups is 1. The van der Waals surface area contributed by atoms with Crippen molar-refractivity contribution in [2.24, 2.45) is 13.0 Å². The van der Waals surface area contributed by atoms with Gasteiger partial charge in [-0.3, -0.25) is 9.69 Å². The lowest BCUT2D eigenvalue weighted by Crippen LogP contribution is -2.49. The van der Waals surface area contributed by atoms with Crippen LogP contribution in [-0.4, -0.2) is 51.9 Å². The fourth-order valence-electron chi connectivity index (χ4n) is 5.84. The first-order chi connectivity index (χ1) is 17.0. The fourth-order valence-corrected chi connectivity index (χ4v) is 5.84. The Morgan fingerprint density at radius 1 is 1.17 bits per heavy atom. The number of rotatable bonds is 6. The van der Waals surface area contributed by atoms with Gasteiger partial charge in [0.05, 0.1) is 19.8 Å². The van der Waals surface area contributed by atoms with Crippen LogP contribution in [0, 0.1) is 5.92 Å². The van der Waals surface area contributed by atoms with Gasteiger partial charge in [-0.25, -0.2) is 0 Å². The standard InChI is InChI=1S/C28H33N5O2/c1-20-5-4-10-32(14-20)15-21-6-3-7-24(11-21)33-16-22-8-9-23(12-25(22)27(33)34)28(17-35-18-28)13-26-30-29-19-31(26)2/h3,6-9,11-12,19-20H,4-5,10,13-18H2,1-2H3/t20-/m0/s1. The Morgan fingerprint density at radius 2 is 2.06 bits per heavy atom. The van der Waals surface area contributed by atoms with Crippen molar-refractivity contribution in [2.75, 3.05) is 31.2 Å². The van der Waals surface area contributed by atoms with Crippen molar-refractivity contribution in [3.05, 3.63) is 76.9 Å². The number of amides is 1. The molecule has 3 aromatic rings. The molecule has 2 fully saturated rings. The van der Waals surface area contributed by atoms with Crippen molar-refractivity contribution >= 4 is 11.6 Å². The minimum absolute atomic E-state index is 0.0830. The molecule has 0 radical (unpaired) electrons. The van der Waals surface area contributed by atoms with Crippen molar-refractivity contribution in [3.8, 4) is 0 Å². The first-order valence-electron chi connectivity index (χ1n) is 12.7. The SMILES string of the molecule is C[C@H]1CCCN(Cc2cccc(N3Cc4ccc(C5(Cc6nncn6C)COC5)cc4C3=O)c2)C1. The van der Waals surface area contributed by atoms with Gasteiger partial charge in [-0.1, -0.05) is 31.2 Å². The second kappa shape index (κ2) is 8.88. The van der Waals surface area contributed by atoms with Gasteiger partial charge in [-0.05, 0) is 60.2 Å². The molecule has 1 atom stereocenters. The lowest BCUT2D eigenvalue weighted by atomic mass is 9.75. The van der Waals surface area contributed by atoms with E-state index in [1.807, 2.05) is 16.5 Å². The van der Waals surface area contributed by atoms with Crippen molar-refractivity contribution in [1.82, 2.24) is 19.7 Å². The maximum Gasteiger partial charge on any atom is 0.258 e. The van der Waals surface area contributed by atoms with Gasteiger partial charge in [0, 0.05) is 43.2 Å². The number of hydrogen-bond acceptors (Lipinski definition) is 5. The Kier molecular flexibility index (Phi) is 5.69. The average Bonchev–Trinajstić information content (AvgIpc) is 3.38. The number of nitrogens with zero attached hydrogens (tertiary/aromatic N) is 5. The van der Waals surface area contributed by atoms with E-state index in [0.29, 0.717) is 19.8 Å². The molecule has 2 saturated heterocycles. The second-order valence-electron chi connectivity index (χ2n) is 10.7. The highest BCUT2D eigenvalue weighted by Crippen LogP contribution is 2.38. The van der Waals surface area contributed by atoms with Gasteiger partial charge in [0.2, 0.25) is 0 Å². The number of hydrogen-bond donors (Lipinski definition) is 0. The molecule has 6 rings (SSSR count). The summed E-state index contributed by atoms with van der Waals surface area (Å²) < 4.78 is 7.60. The predicted octanol–water partition coefficient (Wildman–Crippen LogP) is 3.72. The molecule has 1 aromatic heterocycles. The zero-order valence-corrected chi connectivity index (χ0v) is 20.6. The van der Waals surface area contributed by atoms with Crippen LogP contribution < -0.4 is 4.90 Å². The number of piperidine rings is 1. The third-order valence-corrected chi connectivity index (χ3v) is 7.95. The fraction of sp³-hybridized carbons (Fsp3) is 0.464. The van der Waals surface area contributed by atoms with Crippen LogP contribution >= 0.6 is 0 Å². The topological polar surface area (TPSA) is 63.5 Å². The monoisotopic (exact) mass is 471 g/mol. The minimum atomic E-state index is -0.158. The van der Waals surface area contributed by atoms with Crippen LogP contribution in [0.1, 0.15) is 52.6 Å². The Balaban J connectivity index is 1.22. The Bertz CT molecular complexity index is 1250. The smallest absolute Gasteiger partial charge is 0.258 e. The Labute approximate surface area is 206 Å². The molecule has 0 saturated carbocycles. The molecule has 0 N–H and O–H groups in total. The van der Waals surface area contributed by atoms with Crippen LogP contribution in [0.4, 0.5) is 5.69 Å². The molecule has 3 aliphatic heterocycles. The van der Waals surface area contributed by atoms with E-state index in [4.69, 9.17) is 4.74 Å². The molecule has 0 bridgehead atoms. The van der Waals surface area contributed by atoms with E-state index in [1.54, 1.807) is 6.33 Å². The van der Waals surface area contributed by atoms with Gasteiger partial charge >= 0.3 is 0 Å². The summed E-state index contributed by atoms with van der Waals surface area (Å²) in [5.74, 6) is 1.77. The summed E-state index contributed by atoms with van der Waals surface area (Å²) in [7, 11) is 1.96. The van der Waals surface area contributed by atoms with Crippen molar-refractivity contribution in [2.45, 2.75) is 44.7 Å². The van der Waals surface area contributed by atoms with E-state index in [0.717, 1.165) is 60.2 Å². The van der Waals surface area contributed by atoms with Crippen LogP contribution in [0.15, 0.2) is 48.8 Å². The van der Waals surface area contributed by atoms with E-state index in [2.05, 4.69) is 64.5 Å². The highest BCUT2D eigenvalue weighted by Gasteiger charge is 2.43. The second-order valence-corrected chi connectivity index (χ2v) is 10.7. The molecule has 2 aromatic carbocycles. The zero-order chi connectivity index (χ0) is 24.0. The number of likely N-dealkylation sites (tertiary alicyclic amines) is 1. The molecule has 4 heterocycles. The molecule has 0 aliphatic carbocycles. The molecule has 7 nitrogen and oxygen atoms in total. The summed E-state index contributed by atoms with van der Waals surface area (Å²) in [5, 5.41) is 8.31. The summed E-state index contributed by atoms with van der Waals surface area (Å²) in [5.41, 5.74) is 5.14. The Hall–Kier alpha value is -3.03. The molecule has 0 unspecified atom stereocenters. The third-order valence-electron chi connectivity index (χ3n) is 7.95. The minimum Gasteiger partial charge on any atom is -0.379 e. The van der Waals surface area contributed by atoms with Crippen molar-refractivity contribution in [3.63, 3.8) is 0 Å². The zero-order valence-electron chi connectivity index (χ0n) is 20.6. The lowest BCUT2D eigenvalue weighted by Gasteiger charge is -2.41. The molecule has 35 heavy (non-hydrogen) atoms. The van der Waals surface area contributed by atoms with Gasteiger partial charge in [0.1, 0.15) is 12.2 Å². The van der Waals surface area contributed by atoms with Crippen LogP contribution in [-0.2, 0) is 36.7 Å². The van der Waals surface area contributed by atoms with E-state index >= 15 is 0 Å². The summed E-state index contributed by atoms with van der Waals surface area (Å²) in [6, 6.07) is 14.9. The summed E-state index contributed by atoms with van der Waals surface area (Å²) >= 11 is 0. The molecule has 7 heteroatoms. The van der Waals surface area contributed by atoms with Gasteiger partial charge in [-0.2, -0.15) is 0 Å².